The van der Waals surface area contributed by atoms with Crippen molar-refractivity contribution in [3.8, 4) is 0 Å². The number of hydrogen-bond acceptors (Lipinski definition) is 5. The number of piperazine rings is 1. The van der Waals surface area contributed by atoms with Crippen LogP contribution in [0.1, 0.15) is 53.9 Å². The number of anilines is 2. The maximum atomic E-state index is 13.1. The van der Waals surface area contributed by atoms with Crippen molar-refractivity contribution in [1.29, 1.82) is 0 Å². The average molecular weight is 471 g/mol. The number of amides is 1. The Kier molecular flexibility index (Phi) is 7.24. The van der Waals surface area contributed by atoms with E-state index in [1.54, 1.807) is 38.4 Å². The summed E-state index contributed by atoms with van der Waals surface area (Å²) in [4.78, 5) is 16.8. The van der Waals surface area contributed by atoms with Crippen molar-refractivity contribution in [2.45, 2.75) is 42.9 Å². The molecule has 0 radical (unpaired) electrons. The first-order valence-corrected chi connectivity index (χ1v) is 13.3. The lowest BCUT2D eigenvalue weighted by atomic mass is 9.84. The monoisotopic (exact) mass is 470 g/mol. The molecule has 1 aliphatic carbocycles. The molecule has 2 N–H and O–H groups in total. The van der Waals surface area contributed by atoms with Gasteiger partial charge in [-0.2, -0.15) is 0 Å². The summed E-state index contributed by atoms with van der Waals surface area (Å²) in [6, 6.07) is 12.5. The molecule has 0 unspecified atom stereocenters. The summed E-state index contributed by atoms with van der Waals surface area (Å²) in [6.45, 7) is 3.29. The fraction of sp³-hybridized carbons (Fsp3) is 0.480. The fourth-order valence-corrected chi connectivity index (χ4v) is 5.81. The van der Waals surface area contributed by atoms with Crippen LogP contribution in [0, 0.1) is 0 Å². The highest BCUT2D eigenvalue weighted by Gasteiger charge is 2.22. The van der Waals surface area contributed by atoms with Gasteiger partial charge in [0, 0.05) is 51.6 Å². The Morgan fingerprint density at radius 1 is 1.00 bits per heavy atom. The number of hydrogen-bond donors (Lipinski definition) is 2. The molecule has 1 heterocycles. The lowest BCUT2D eigenvalue weighted by Crippen LogP contribution is -2.44. The molecule has 1 aliphatic heterocycles. The van der Waals surface area contributed by atoms with E-state index in [9.17, 15) is 13.2 Å². The number of benzene rings is 2. The maximum absolute atomic E-state index is 13.1. The van der Waals surface area contributed by atoms with Crippen LogP contribution in [-0.4, -0.2) is 59.5 Å². The van der Waals surface area contributed by atoms with Crippen LogP contribution in [0.3, 0.4) is 0 Å². The Morgan fingerprint density at radius 2 is 1.67 bits per heavy atom. The van der Waals surface area contributed by atoms with Crippen molar-refractivity contribution < 1.29 is 13.2 Å². The Bertz CT molecular complexity index is 1070. The molecule has 1 saturated heterocycles. The molecule has 0 spiro atoms. The molecule has 0 aromatic heterocycles. The molecule has 1 amide bonds. The van der Waals surface area contributed by atoms with E-state index in [2.05, 4.69) is 14.9 Å². The molecule has 178 valence electrons. The van der Waals surface area contributed by atoms with Crippen molar-refractivity contribution in [3.63, 3.8) is 0 Å². The second-order valence-corrected chi connectivity index (χ2v) is 10.9. The summed E-state index contributed by atoms with van der Waals surface area (Å²) in [5.74, 6) is 0.377. The zero-order chi connectivity index (χ0) is 23.4. The Labute approximate surface area is 197 Å². The zero-order valence-electron chi connectivity index (χ0n) is 19.5. The largest absolute Gasteiger partial charge is 0.368 e. The first-order chi connectivity index (χ1) is 15.8. The molecule has 0 bridgehead atoms. The van der Waals surface area contributed by atoms with Gasteiger partial charge in [0.1, 0.15) is 0 Å². The third-order valence-corrected chi connectivity index (χ3v) is 8.01. The third kappa shape index (κ3) is 5.50. The highest BCUT2D eigenvalue weighted by atomic mass is 32.2. The van der Waals surface area contributed by atoms with Crippen LogP contribution in [0.15, 0.2) is 47.4 Å². The molecular weight excluding hydrogens is 436 g/mol. The number of sulfonamides is 1. The minimum absolute atomic E-state index is 0.151. The summed E-state index contributed by atoms with van der Waals surface area (Å²) in [5.41, 5.74) is 2.92. The Hall–Kier alpha value is -2.58. The van der Waals surface area contributed by atoms with E-state index in [1.165, 1.54) is 42.6 Å². The first kappa shape index (κ1) is 23.6. The van der Waals surface area contributed by atoms with Crippen molar-refractivity contribution in [1.82, 2.24) is 10.2 Å². The standard InChI is InChI=1S/C25H34N4O3S/c1-28(2)25(30)23-18-21(10-13-24(23)29-16-14-26-15-17-29)27-33(31,32)22-11-8-20(9-12-22)19-6-4-3-5-7-19/h8-13,18-19,26-27H,3-7,14-17H2,1-2H3. The second kappa shape index (κ2) is 10.1. The number of carbonyl (C=O) groups excluding carboxylic acids is 1. The van der Waals surface area contributed by atoms with E-state index < -0.39 is 10.0 Å². The first-order valence-electron chi connectivity index (χ1n) is 11.8. The van der Waals surface area contributed by atoms with Gasteiger partial charge in [-0.1, -0.05) is 31.4 Å². The molecule has 4 rings (SSSR count). The number of nitrogens with zero attached hydrogens (tertiary/aromatic N) is 2. The van der Waals surface area contributed by atoms with Crippen molar-refractivity contribution in [2.24, 2.45) is 0 Å². The number of nitrogens with one attached hydrogen (secondary N) is 2. The minimum Gasteiger partial charge on any atom is -0.368 e. The topological polar surface area (TPSA) is 81.8 Å². The molecule has 1 saturated carbocycles. The van der Waals surface area contributed by atoms with E-state index in [0.29, 0.717) is 17.2 Å². The van der Waals surface area contributed by atoms with Gasteiger partial charge < -0.3 is 15.1 Å². The zero-order valence-corrected chi connectivity index (χ0v) is 20.3. The predicted molar refractivity (Wildman–Crippen MR) is 133 cm³/mol. The van der Waals surface area contributed by atoms with Crippen LogP contribution in [0.4, 0.5) is 11.4 Å². The molecule has 0 atom stereocenters. The van der Waals surface area contributed by atoms with Crippen LogP contribution >= 0.6 is 0 Å². The van der Waals surface area contributed by atoms with Gasteiger partial charge in [0.25, 0.3) is 15.9 Å². The molecule has 7 nitrogen and oxygen atoms in total. The van der Waals surface area contributed by atoms with Crippen molar-refractivity contribution >= 4 is 27.3 Å². The van der Waals surface area contributed by atoms with Gasteiger partial charge in [0.2, 0.25) is 0 Å². The van der Waals surface area contributed by atoms with Crippen molar-refractivity contribution in [3.05, 3.63) is 53.6 Å². The summed E-state index contributed by atoms with van der Waals surface area (Å²) < 4.78 is 28.8. The van der Waals surface area contributed by atoms with Crippen LogP contribution in [-0.2, 0) is 10.0 Å². The lowest BCUT2D eigenvalue weighted by Gasteiger charge is -2.31. The van der Waals surface area contributed by atoms with Gasteiger partial charge >= 0.3 is 0 Å². The second-order valence-electron chi connectivity index (χ2n) is 9.18. The fourth-order valence-electron chi connectivity index (χ4n) is 4.76. The molecule has 2 aromatic carbocycles. The highest BCUT2D eigenvalue weighted by molar-refractivity contribution is 7.92. The van der Waals surface area contributed by atoms with E-state index in [-0.39, 0.29) is 10.8 Å². The summed E-state index contributed by atoms with van der Waals surface area (Å²) in [6.07, 6.45) is 6.12. The van der Waals surface area contributed by atoms with Gasteiger partial charge in [0.15, 0.2) is 0 Å². The normalized spacial score (nSPS) is 17.6. The quantitative estimate of drug-likeness (QED) is 0.674. The molecular formula is C25H34N4O3S. The lowest BCUT2D eigenvalue weighted by molar-refractivity contribution is 0.0828. The van der Waals surface area contributed by atoms with E-state index in [4.69, 9.17) is 0 Å². The summed E-state index contributed by atoms with van der Waals surface area (Å²) >= 11 is 0. The van der Waals surface area contributed by atoms with Crippen LogP contribution < -0.4 is 14.9 Å². The van der Waals surface area contributed by atoms with Gasteiger partial charge in [-0.25, -0.2) is 8.42 Å². The smallest absolute Gasteiger partial charge is 0.261 e. The molecule has 8 heteroatoms. The highest BCUT2D eigenvalue weighted by Crippen LogP contribution is 2.33. The maximum Gasteiger partial charge on any atom is 0.261 e. The van der Waals surface area contributed by atoms with E-state index in [0.717, 1.165) is 31.9 Å². The molecule has 2 aliphatic rings. The third-order valence-electron chi connectivity index (χ3n) is 6.61. The summed E-state index contributed by atoms with van der Waals surface area (Å²) in [5, 5.41) is 3.31. The molecule has 2 aromatic rings. The SMILES string of the molecule is CN(C)C(=O)c1cc(NS(=O)(=O)c2ccc(C3CCCCC3)cc2)ccc1N1CCNCC1. The summed E-state index contributed by atoms with van der Waals surface area (Å²) in [7, 11) is -0.354. The molecule has 2 fully saturated rings. The van der Waals surface area contributed by atoms with E-state index in [1.807, 2.05) is 18.2 Å². The van der Waals surface area contributed by atoms with E-state index >= 15 is 0 Å². The molecule has 33 heavy (non-hydrogen) atoms. The van der Waals surface area contributed by atoms with Gasteiger partial charge in [0.05, 0.1) is 10.5 Å². The minimum atomic E-state index is -3.76. The average Bonchev–Trinajstić information content (AvgIpc) is 2.84. The van der Waals surface area contributed by atoms with Crippen LogP contribution in [0.2, 0.25) is 0 Å². The van der Waals surface area contributed by atoms with Crippen LogP contribution in [0.5, 0.6) is 0 Å². The predicted octanol–water partition coefficient (Wildman–Crippen LogP) is 3.65. The van der Waals surface area contributed by atoms with Gasteiger partial charge in [-0.15, -0.1) is 0 Å². The number of carbonyl (C=O) groups is 1. The van der Waals surface area contributed by atoms with Gasteiger partial charge in [-0.05, 0) is 54.7 Å². The van der Waals surface area contributed by atoms with Gasteiger partial charge in [-0.3, -0.25) is 9.52 Å². The van der Waals surface area contributed by atoms with Crippen molar-refractivity contribution in [2.75, 3.05) is 49.9 Å². The Morgan fingerprint density at radius 3 is 2.30 bits per heavy atom. The Balaban J connectivity index is 1.56. The number of rotatable bonds is 6. The van der Waals surface area contributed by atoms with Crippen LogP contribution in [0.25, 0.3) is 0 Å².